The number of fused-ring (bicyclic) bond motifs is 1. The maximum Gasteiger partial charge on any atom is 0.191 e. The van der Waals surface area contributed by atoms with Gasteiger partial charge in [-0.1, -0.05) is 13.8 Å². The minimum atomic E-state index is 0. The molecule has 0 bridgehead atoms. The second-order valence-corrected chi connectivity index (χ2v) is 7.53. The number of halogens is 1. The fraction of sp³-hybridized carbons (Fsp3) is 0.882. The fourth-order valence-electron chi connectivity index (χ4n) is 4.60. The molecule has 0 aromatic heterocycles. The van der Waals surface area contributed by atoms with Crippen LogP contribution in [0.2, 0.25) is 0 Å². The van der Waals surface area contributed by atoms with Crippen molar-refractivity contribution in [2.45, 2.75) is 64.1 Å². The molecule has 0 spiro atoms. The Morgan fingerprint density at radius 1 is 1.22 bits per heavy atom. The normalized spacial score (nSPS) is 38.5. The van der Waals surface area contributed by atoms with Crippen molar-refractivity contribution in [1.82, 2.24) is 10.6 Å². The van der Waals surface area contributed by atoms with Gasteiger partial charge in [0, 0.05) is 37.1 Å². The first-order valence-corrected chi connectivity index (χ1v) is 8.59. The zero-order chi connectivity index (χ0) is 15.7. The van der Waals surface area contributed by atoms with Crippen molar-refractivity contribution in [2.24, 2.45) is 22.2 Å². The number of aliphatic imine (C=N–C) groups is 1. The molecule has 3 fully saturated rings. The summed E-state index contributed by atoms with van der Waals surface area (Å²) in [6.45, 7) is 5.45. The van der Waals surface area contributed by atoms with Gasteiger partial charge in [-0.3, -0.25) is 4.99 Å². The summed E-state index contributed by atoms with van der Waals surface area (Å²) < 4.78 is 5.96. The lowest BCUT2D eigenvalue weighted by Gasteiger charge is -2.60. The third-order valence-electron chi connectivity index (χ3n) is 5.85. The lowest BCUT2D eigenvalue weighted by molar-refractivity contribution is -0.188. The summed E-state index contributed by atoms with van der Waals surface area (Å²) in [7, 11) is 1.81. The van der Waals surface area contributed by atoms with Gasteiger partial charge < -0.3 is 15.4 Å². The van der Waals surface area contributed by atoms with Gasteiger partial charge in [-0.2, -0.15) is 5.26 Å². The quantitative estimate of drug-likeness (QED) is 0.400. The molecule has 1 saturated heterocycles. The number of hydrogen-bond donors (Lipinski definition) is 2. The van der Waals surface area contributed by atoms with Crippen molar-refractivity contribution in [3.63, 3.8) is 0 Å². The van der Waals surface area contributed by atoms with Gasteiger partial charge in [0.15, 0.2) is 5.96 Å². The Balaban J connectivity index is 0.00000192. The molecular weight excluding hydrogens is 403 g/mol. The van der Waals surface area contributed by atoms with E-state index >= 15 is 0 Å². The Bertz CT molecular complexity index is 487. The molecule has 6 heteroatoms. The summed E-state index contributed by atoms with van der Waals surface area (Å²) in [5.74, 6) is 1.53. The zero-order valence-electron chi connectivity index (χ0n) is 14.3. The van der Waals surface area contributed by atoms with Gasteiger partial charge in [-0.25, -0.2) is 0 Å². The van der Waals surface area contributed by atoms with Gasteiger partial charge in [-0.05, 0) is 32.1 Å². The Morgan fingerprint density at radius 3 is 2.70 bits per heavy atom. The number of hydrogen-bond acceptors (Lipinski definition) is 3. The average Bonchev–Trinajstić information content (AvgIpc) is 2.98. The van der Waals surface area contributed by atoms with Crippen molar-refractivity contribution in [2.75, 3.05) is 13.7 Å². The monoisotopic (exact) mass is 432 g/mol. The highest BCUT2D eigenvalue weighted by Gasteiger charge is 2.58. The van der Waals surface area contributed by atoms with Crippen LogP contribution in [0.25, 0.3) is 0 Å². The van der Waals surface area contributed by atoms with E-state index in [0.29, 0.717) is 18.1 Å². The van der Waals surface area contributed by atoms with Crippen LogP contribution < -0.4 is 10.6 Å². The summed E-state index contributed by atoms with van der Waals surface area (Å²) in [4.78, 5) is 4.39. The molecular formula is C17H29IN4O. The number of nitrogens with zero attached hydrogens (tertiary/aromatic N) is 2. The molecule has 1 heterocycles. The Morgan fingerprint density at radius 2 is 2.00 bits per heavy atom. The van der Waals surface area contributed by atoms with E-state index in [9.17, 15) is 5.26 Å². The topological polar surface area (TPSA) is 69.4 Å². The molecule has 23 heavy (non-hydrogen) atoms. The molecule has 0 radical (unpaired) electrons. The maximum absolute atomic E-state index is 9.23. The highest BCUT2D eigenvalue weighted by Crippen LogP contribution is 2.51. The van der Waals surface area contributed by atoms with Crippen molar-refractivity contribution in [3.05, 3.63) is 0 Å². The number of guanidine groups is 1. The van der Waals surface area contributed by atoms with Crippen LogP contribution in [-0.4, -0.2) is 37.8 Å². The fourth-order valence-corrected chi connectivity index (χ4v) is 4.60. The third kappa shape index (κ3) is 3.46. The van der Waals surface area contributed by atoms with Crippen molar-refractivity contribution in [3.8, 4) is 6.07 Å². The summed E-state index contributed by atoms with van der Waals surface area (Å²) in [5.41, 5.74) is 0.132. The van der Waals surface area contributed by atoms with Crippen LogP contribution in [0, 0.1) is 28.6 Å². The SMILES string of the molecule is CN=C(NC1CCCC1C#N)NC1C2CCCOC2C1(C)C.I. The third-order valence-corrected chi connectivity index (χ3v) is 5.85. The first kappa shape index (κ1) is 18.8. The second kappa shape index (κ2) is 7.56. The molecule has 130 valence electrons. The lowest BCUT2D eigenvalue weighted by atomic mass is 9.55. The smallest absolute Gasteiger partial charge is 0.191 e. The van der Waals surface area contributed by atoms with E-state index in [-0.39, 0.29) is 41.4 Å². The first-order valence-electron chi connectivity index (χ1n) is 8.59. The Hall–Kier alpha value is -0.550. The standard InChI is InChI=1S/C17H28N4O.HI/c1-17(2)14(12-7-5-9-22-15(12)17)21-16(19-3)20-13-8-4-6-11(13)10-18;/h11-15H,4-9H2,1-3H3,(H2,19,20,21);1H. The van der Waals surface area contributed by atoms with Gasteiger partial charge in [-0.15, -0.1) is 24.0 Å². The summed E-state index contributed by atoms with van der Waals surface area (Å²) in [6.07, 6.45) is 5.93. The Kier molecular flexibility index (Phi) is 6.17. The molecule has 0 aromatic rings. The molecule has 0 aromatic carbocycles. The molecule has 2 saturated carbocycles. The largest absolute Gasteiger partial charge is 0.377 e. The Labute approximate surface area is 156 Å². The minimum absolute atomic E-state index is 0. The molecule has 3 rings (SSSR count). The van der Waals surface area contributed by atoms with Gasteiger partial charge in [0.05, 0.1) is 18.1 Å². The molecule has 5 atom stereocenters. The zero-order valence-corrected chi connectivity index (χ0v) is 16.7. The first-order chi connectivity index (χ1) is 10.6. The molecule has 5 nitrogen and oxygen atoms in total. The molecule has 0 amide bonds. The number of nitriles is 1. The average molecular weight is 432 g/mol. The van der Waals surface area contributed by atoms with Crippen LogP contribution in [0.3, 0.4) is 0 Å². The van der Waals surface area contributed by atoms with Gasteiger partial charge in [0.25, 0.3) is 0 Å². The number of ether oxygens (including phenoxy) is 1. The highest BCUT2D eigenvalue weighted by atomic mass is 127. The summed E-state index contributed by atoms with van der Waals surface area (Å²) in [6, 6.07) is 3.05. The molecule has 2 N–H and O–H groups in total. The van der Waals surface area contributed by atoms with Crippen molar-refractivity contribution >= 4 is 29.9 Å². The van der Waals surface area contributed by atoms with Crippen LogP contribution >= 0.6 is 24.0 Å². The molecule has 1 aliphatic heterocycles. The molecule has 2 aliphatic carbocycles. The lowest BCUT2D eigenvalue weighted by Crippen LogP contribution is -2.71. The van der Waals surface area contributed by atoms with E-state index in [4.69, 9.17) is 4.74 Å². The van der Waals surface area contributed by atoms with Crippen LogP contribution in [-0.2, 0) is 4.74 Å². The summed E-state index contributed by atoms with van der Waals surface area (Å²) in [5, 5.41) is 16.3. The van der Waals surface area contributed by atoms with Crippen LogP contribution in [0.1, 0.15) is 46.0 Å². The van der Waals surface area contributed by atoms with Crippen LogP contribution in [0.4, 0.5) is 0 Å². The van der Waals surface area contributed by atoms with Crippen LogP contribution in [0.15, 0.2) is 4.99 Å². The van der Waals surface area contributed by atoms with Gasteiger partial charge in [0.2, 0.25) is 0 Å². The highest BCUT2D eigenvalue weighted by molar-refractivity contribution is 14.0. The predicted octanol–water partition coefficient (Wildman–Crippen LogP) is 2.67. The van der Waals surface area contributed by atoms with Gasteiger partial charge >= 0.3 is 0 Å². The van der Waals surface area contributed by atoms with E-state index < -0.39 is 0 Å². The van der Waals surface area contributed by atoms with E-state index in [1.807, 2.05) is 7.05 Å². The number of nitrogens with one attached hydrogen (secondary N) is 2. The second-order valence-electron chi connectivity index (χ2n) is 7.53. The van der Waals surface area contributed by atoms with Crippen LogP contribution in [0.5, 0.6) is 0 Å². The van der Waals surface area contributed by atoms with E-state index in [0.717, 1.165) is 38.2 Å². The minimum Gasteiger partial charge on any atom is -0.377 e. The van der Waals surface area contributed by atoms with E-state index in [1.165, 1.54) is 6.42 Å². The predicted molar refractivity (Wildman–Crippen MR) is 102 cm³/mol. The van der Waals surface area contributed by atoms with E-state index in [1.54, 1.807) is 0 Å². The molecule has 5 unspecified atom stereocenters. The van der Waals surface area contributed by atoms with Crippen molar-refractivity contribution in [1.29, 1.82) is 5.26 Å². The number of rotatable bonds is 2. The van der Waals surface area contributed by atoms with Crippen molar-refractivity contribution < 1.29 is 4.74 Å². The maximum atomic E-state index is 9.23. The van der Waals surface area contributed by atoms with E-state index in [2.05, 4.69) is 35.5 Å². The van der Waals surface area contributed by atoms with Gasteiger partial charge in [0.1, 0.15) is 0 Å². The molecule has 3 aliphatic rings. The summed E-state index contributed by atoms with van der Waals surface area (Å²) >= 11 is 0.